The molecule has 1 fully saturated rings. The third-order valence-corrected chi connectivity index (χ3v) is 6.77. The number of aromatic nitrogens is 2. The molecule has 182 valence electrons. The molecule has 5 rings (SSSR count). The van der Waals surface area contributed by atoms with E-state index >= 15 is 0 Å². The van der Waals surface area contributed by atoms with Crippen molar-refractivity contribution in [2.24, 2.45) is 0 Å². The minimum atomic E-state index is -0.144. The van der Waals surface area contributed by atoms with Crippen LogP contribution in [0.4, 0.5) is 5.95 Å². The number of hydrogen-bond donors (Lipinski definition) is 0. The minimum absolute atomic E-state index is 0.144. The van der Waals surface area contributed by atoms with Crippen LogP contribution in [0.15, 0.2) is 42.5 Å². The zero-order valence-electron chi connectivity index (χ0n) is 19.2. The third-order valence-electron chi connectivity index (χ3n) is 6.03. The third kappa shape index (κ3) is 5.00. The number of carbonyl (C=O) groups excluding carboxylic acids is 1. The van der Waals surface area contributed by atoms with Gasteiger partial charge in [0.15, 0.2) is 11.5 Å². The van der Waals surface area contributed by atoms with Gasteiger partial charge in [-0.1, -0.05) is 35.3 Å². The highest BCUT2D eigenvalue weighted by atomic mass is 35.5. The van der Waals surface area contributed by atoms with Crippen LogP contribution in [0.2, 0.25) is 10.0 Å². The second-order valence-corrected chi connectivity index (χ2v) is 9.03. The fourth-order valence-corrected chi connectivity index (χ4v) is 4.45. The van der Waals surface area contributed by atoms with E-state index < -0.39 is 0 Å². The maximum Gasteiger partial charge on any atom is 0.254 e. The molecule has 0 bridgehead atoms. The van der Waals surface area contributed by atoms with E-state index in [0.29, 0.717) is 84.7 Å². The molecule has 1 aromatic heterocycles. The molecule has 10 heteroatoms. The van der Waals surface area contributed by atoms with E-state index in [1.54, 1.807) is 30.2 Å². The van der Waals surface area contributed by atoms with Crippen LogP contribution in [0.25, 0.3) is 0 Å². The second kappa shape index (κ2) is 10.3. The molecule has 1 saturated heterocycles. The van der Waals surface area contributed by atoms with Crippen molar-refractivity contribution in [3.8, 4) is 17.4 Å². The molecular formula is C25H24Cl2N4O4. The summed E-state index contributed by atoms with van der Waals surface area (Å²) in [4.78, 5) is 26.7. The van der Waals surface area contributed by atoms with Crippen molar-refractivity contribution in [3.63, 3.8) is 0 Å². The van der Waals surface area contributed by atoms with Crippen LogP contribution in [0.1, 0.15) is 21.6 Å². The summed E-state index contributed by atoms with van der Waals surface area (Å²) in [7, 11) is 1.59. The zero-order chi connectivity index (χ0) is 24.4. The van der Waals surface area contributed by atoms with Gasteiger partial charge in [-0.05, 0) is 30.3 Å². The molecule has 3 heterocycles. The first-order chi connectivity index (χ1) is 17.0. The van der Waals surface area contributed by atoms with Crippen molar-refractivity contribution in [2.45, 2.75) is 13.0 Å². The van der Waals surface area contributed by atoms with Crippen LogP contribution in [0.3, 0.4) is 0 Å². The molecule has 0 atom stereocenters. The van der Waals surface area contributed by atoms with Gasteiger partial charge < -0.3 is 24.0 Å². The number of anilines is 1. The van der Waals surface area contributed by atoms with Crippen LogP contribution in [-0.4, -0.2) is 60.7 Å². The quantitative estimate of drug-likeness (QED) is 0.491. The summed E-state index contributed by atoms with van der Waals surface area (Å²) in [6, 6.07) is 12.3. The van der Waals surface area contributed by atoms with Crippen molar-refractivity contribution in [3.05, 3.63) is 69.3 Å². The molecule has 35 heavy (non-hydrogen) atoms. The summed E-state index contributed by atoms with van der Waals surface area (Å²) < 4.78 is 17.2. The Kier molecular flexibility index (Phi) is 6.95. The van der Waals surface area contributed by atoms with E-state index in [-0.39, 0.29) is 5.91 Å². The Labute approximate surface area is 213 Å². The van der Waals surface area contributed by atoms with E-state index in [9.17, 15) is 4.79 Å². The van der Waals surface area contributed by atoms with Crippen molar-refractivity contribution in [2.75, 3.05) is 44.9 Å². The molecule has 3 aromatic rings. The number of morpholine rings is 1. The Morgan fingerprint density at radius 3 is 2.51 bits per heavy atom. The van der Waals surface area contributed by atoms with Gasteiger partial charge in [0, 0.05) is 31.6 Å². The van der Waals surface area contributed by atoms with Crippen LogP contribution < -0.4 is 14.4 Å². The normalized spacial score (nSPS) is 15.5. The number of benzene rings is 2. The number of ether oxygens (including phenoxy) is 3. The lowest BCUT2D eigenvalue weighted by molar-refractivity contribution is 0.0731. The van der Waals surface area contributed by atoms with Gasteiger partial charge in [0.2, 0.25) is 11.8 Å². The maximum atomic E-state index is 13.3. The number of methoxy groups -OCH3 is 1. The minimum Gasteiger partial charge on any atom is -0.493 e. The highest BCUT2D eigenvalue weighted by Crippen LogP contribution is 2.36. The molecule has 8 nitrogen and oxygen atoms in total. The second-order valence-electron chi connectivity index (χ2n) is 8.21. The van der Waals surface area contributed by atoms with E-state index in [1.807, 2.05) is 24.3 Å². The van der Waals surface area contributed by atoms with E-state index in [4.69, 9.17) is 47.4 Å². The van der Waals surface area contributed by atoms with Crippen molar-refractivity contribution < 1.29 is 19.0 Å². The number of halogens is 2. The number of carbonyl (C=O) groups is 1. The lowest BCUT2D eigenvalue weighted by atomic mass is 10.1. The van der Waals surface area contributed by atoms with Gasteiger partial charge in [-0.3, -0.25) is 4.79 Å². The topological polar surface area (TPSA) is 77.0 Å². The smallest absolute Gasteiger partial charge is 0.254 e. The first-order valence-electron chi connectivity index (χ1n) is 11.3. The molecule has 2 aromatic carbocycles. The van der Waals surface area contributed by atoms with Gasteiger partial charge in [-0.15, -0.1) is 0 Å². The van der Waals surface area contributed by atoms with Gasteiger partial charge in [0.1, 0.15) is 0 Å². The first kappa shape index (κ1) is 23.7. The monoisotopic (exact) mass is 514 g/mol. The Bertz CT molecular complexity index is 1250. The molecule has 0 saturated carbocycles. The molecule has 0 radical (unpaired) electrons. The number of amides is 1. The summed E-state index contributed by atoms with van der Waals surface area (Å²) in [5.74, 6) is 1.99. The summed E-state index contributed by atoms with van der Waals surface area (Å²) in [5, 5.41) is 0.748. The average Bonchev–Trinajstić information content (AvgIpc) is 2.90. The summed E-state index contributed by atoms with van der Waals surface area (Å²) in [6.07, 6.45) is 0.574. The summed E-state index contributed by atoms with van der Waals surface area (Å²) in [5.41, 5.74) is 2.11. The highest BCUT2D eigenvalue weighted by Gasteiger charge is 2.29. The molecular weight excluding hydrogens is 491 g/mol. The standard InChI is InChI=1S/C25H24Cl2N4O4/c1-33-21-4-2-3-5-22(21)35-23-17-15-31(24(32)16-6-7-18(26)19(27)14-16)9-8-20(17)28-25(29-23)30-10-12-34-13-11-30/h2-7,14H,8-13,15H2,1H3. The number of hydrogen-bond acceptors (Lipinski definition) is 7. The van der Waals surface area contributed by atoms with Gasteiger partial charge in [0.05, 0.1) is 48.2 Å². The Hall–Kier alpha value is -3.07. The van der Waals surface area contributed by atoms with Gasteiger partial charge in [-0.25, -0.2) is 4.98 Å². The highest BCUT2D eigenvalue weighted by molar-refractivity contribution is 6.42. The van der Waals surface area contributed by atoms with Gasteiger partial charge in [0.25, 0.3) is 5.91 Å². The molecule has 2 aliphatic heterocycles. The van der Waals surface area contributed by atoms with Gasteiger partial charge >= 0.3 is 0 Å². The maximum absolute atomic E-state index is 13.3. The van der Waals surface area contributed by atoms with Crippen LogP contribution in [0, 0.1) is 0 Å². The number of fused-ring (bicyclic) bond motifs is 1. The molecule has 0 unspecified atom stereocenters. The fraction of sp³-hybridized carbons (Fsp3) is 0.320. The predicted octanol–water partition coefficient (Wildman–Crippen LogP) is 4.62. The van der Waals surface area contributed by atoms with E-state index in [2.05, 4.69) is 4.90 Å². The van der Waals surface area contributed by atoms with E-state index in [0.717, 1.165) is 11.3 Å². The first-order valence-corrected chi connectivity index (χ1v) is 12.1. The van der Waals surface area contributed by atoms with Crippen molar-refractivity contribution in [1.29, 1.82) is 0 Å². The zero-order valence-corrected chi connectivity index (χ0v) is 20.7. The molecule has 0 aliphatic carbocycles. The molecule has 0 N–H and O–H groups in total. The number of rotatable bonds is 5. The molecule has 1 amide bonds. The lowest BCUT2D eigenvalue weighted by Gasteiger charge is -2.32. The SMILES string of the molecule is COc1ccccc1Oc1nc(N2CCOCC2)nc2c1CN(C(=O)c1ccc(Cl)c(Cl)c1)CC2. The Morgan fingerprint density at radius 2 is 1.77 bits per heavy atom. The van der Waals surface area contributed by atoms with Crippen molar-refractivity contribution >= 4 is 35.1 Å². The number of nitrogens with zero attached hydrogens (tertiary/aromatic N) is 4. The van der Waals surface area contributed by atoms with Crippen molar-refractivity contribution in [1.82, 2.24) is 14.9 Å². The van der Waals surface area contributed by atoms with Crippen LogP contribution in [0.5, 0.6) is 17.4 Å². The van der Waals surface area contributed by atoms with Crippen LogP contribution >= 0.6 is 23.2 Å². The van der Waals surface area contributed by atoms with Crippen LogP contribution in [-0.2, 0) is 17.7 Å². The predicted molar refractivity (Wildman–Crippen MR) is 133 cm³/mol. The fourth-order valence-electron chi connectivity index (χ4n) is 4.15. The van der Waals surface area contributed by atoms with Gasteiger partial charge in [-0.2, -0.15) is 4.98 Å². The lowest BCUT2D eigenvalue weighted by Crippen LogP contribution is -2.39. The largest absolute Gasteiger partial charge is 0.493 e. The molecule has 0 spiro atoms. The van der Waals surface area contributed by atoms with E-state index in [1.165, 1.54) is 0 Å². The summed E-state index contributed by atoms with van der Waals surface area (Å²) >= 11 is 12.2. The average molecular weight is 515 g/mol. The Balaban J connectivity index is 1.50. The Morgan fingerprint density at radius 1 is 1.00 bits per heavy atom. The number of para-hydroxylation sites is 2. The molecule has 2 aliphatic rings. The summed E-state index contributed by atoms with van der Waals surface area (Å²) in [6.45, 7) is 3.47.